The molecule has 108 valence electrons. The molecule has 0 amide bonds. The number of aromatic nitrogens is 2. The normalized spacial score (nSPS) is 12.6. The number of nitrogens with zero attached hydrogens (tertiary/aromatic N) is 2. The van der Waals surface area contributed by atoms with E-state index in [1.54, 1.807) is 42.1 Å². The minimum absolute atomic E-state index is 0.124. The van der Waals surface area contributed by atoms with Gasteiger partial charge in [0.2, 0.25) is 0 Å². The Labute approximate surface area is 136 Å². The van der Waals surface area contributed by atoms with Gasteiger partial charge in [-0.15, -0.1) is 11.8 Å². The predicted molar refractivity (Wildman–Crippen MR) is 89.8 cm³/mol. The summed E-state index contributed by atoms with van der Waals surface area (Å²) in [6, 6.07) is 16.9. The zero-order valence-corrected chi connectivity index (χ0v) is 13.1. The van der Waals surface area contributed by atoms with Gasteiger partial charge in [-0.05, 0) is 35.9 Å². The van der Waals surface area contributed by atoms with Crippen molar-refractivity contribution in [1.29, 1.82) is 0 Å². The maximum absolute atomic E-state index is 12.3. The third-order valence-electron chi connectivity index (χ3n) is 3.61. The van der Waals surface area contributed by atoms with Gasteiger partial charge in [-0.3, -0.25) is 4.79 Å². The number of benzene rings is 2. The molecular formula is C17H11ClN2OS. The van der Waals surface area contributed by atoms with E-state index in [1.807, 2.05) is 18.2 Å². The van der Waals surface area contributed by atoms with Gasteiger partial charge < -0.3 is 0 Å². The lowest BCUT2D eigenvalue weighted by Crippen LogP contribution is -2.23. The van der Waals surface area contributed by atoms with Crippen LogP contribution in [0, 0.1) is 0 Å². The first kappa shape index (κ1) is 13.6. The molecule has 0 radical (unpaired) electrons. The van der Waals surface area contributed by atoms with Crippen LogP contribution in [0.2, 0.25) is 5.02 Å². The summed E-state index contributed by atoms with van der Waals surface area (Å²) in [6.45, 7) is 0. The van der Waals surface area contributed by atoms with Crippen LogP contribution in [-0.4, -0.2) is 9.78 Å². The van der Waals surface area contributed by atoms with Crippen molar-refractivity contribution >= 4 is 23.4 Å². The number of thioether (sulfide) groups is 1. The molecule has 22 heavy (non-hydrogen) atoms. The molecule has 3 nitrogen and oxygen atoms in total. The Balaban J connectivity index is 1.94. The van der Waals surface area contributed by atoms with Crippen molar-refractivity contribution in [3.8, 4) is 16.9 Å². The first-order chi connectivity index (χ1) is 10.7. The number of rotatable bonds is 1. The summed E-state index contributed by atoms with van der Waals surface area (Å²) in [5, 5.41) is 5.24. The van der Waals surface area contributed by atoms with Gasteiger partial charge in [-0.25, -0.2) is 0 Å². The Morgan fingerprint density at radius 3 is 2.68 bits per heavy atom. The van der Waals surface area contributed by atoms with Crippen LogP contribution in [0.1, 0.15) is 5.56 Å². The third-order valence-corrected chi connectivity index (χ3v) is 4.98. The van der Waals surface area contributed by atoms with Crippen molar-refractivity contribution in [2.75, 3.05) is 0 Å². The van der Waals surface area contributed by atoms with Gasteiger partial charge in [-0.2, -0.15) is 9.78 Å². The van der Waals surface area contributed by atoms with Crippen LogP contribution >= 0.6 is 23.4 Å². The number of hydrogen-bond acceptors (Lipinski definition) is 3. The Morgan fingerprint density at radius 1 is 1.09 bits per heavy atom. The lowest BCUT2D eigenvalue weighted by atomic mass is 10.1. The lowest BCUT2D eigenvalue weighted by Gasteiger charge is -2.19. The summed E-state index contributed by atoms with van der Waals surface area (Å²) in [7, 11) is 0. The Hall–Kier alpha value is -2.04. The molecule has 0 saturated carbocycles. The fourth-order valence-corrected chi connectivity index (χ4v) is 3.69. The van der Waals surface area contributed by atoms with E-state index in [0.717, 1.165) is 22.6 Å². The number of hydrogen-bond donors (Lipinski definition) is 0. The molecule has 0 fully saturated rings. The summed E-state index contributed by atoms with van der Waals surface area (Å²) < 4.78 is 1.43. The largest absolute Gasteiger partial charge is 0.271 e. The van der Waals surface area contributed by atoms with Gasteiger partial charge >= 0.3 is 0 Å². The zero-order chi connectivity index (χ0) is 15.1. The third kappa shape index (κ3) is 2.25. The van der Waals surface area contributed by atoms with Gasteiger partial charge in [0, 0.05) is 27.3 Å². The summed E-state index contributed by atoms with van der Waals surface area (Å²) >= 11 is 7.65. The molecule has 0 saturated heterocycles. The fraction of sp³-hybridized carbons (Fsp3) is 0.0588. The van der Waals surface area contributed by atoms with Crippen molar-refractivity contribution in [3.05, 3.63) is 75.5 Å². The molecule has 1 aliphatic heterocycles. The molecule has 0 spiro atoms. The zero-order valence-electron chi connectivity index (χ0n) is 11.5. The maximum atomic E-state index is 12.3. The van der Waals surface area contributed by atoms with Crippen LogP contribution in [0.3, 0.4) is 0 Å². The van der Waals surface area contributed by atoms with E-state index < -0.39 is 0 Å². The average Bonchev–Trinajstić information content (AvgIpc) is 2.55. The Morgan fingerprint density at radius 2 is 1.86 bits per heavy atom. The highest BCUT2D eigenvalue weighted by atomic mass is 35.5. The van der Waals surface area contributed by atoms with Crippen LogP contribution in [0.15, 0.2) is 64.3 Å². The first-order valence-electron chi connectivity index (χ1n) is 6.84. The smallest absolute Gasteiger partial charge is 0.267 e. The molecule has 0 aliphatic carbocycles. The fourth-order valence-electron chi connectivity index (χ4n) is 2.54. The highest BCUT2D eigenvalue weighted by molar-refractivity contribution is 7.98. The van der Waals surface area contributed by atoms with Crippen molar-refractivity contribution < 1.29 is 0 Å². The molecule has 1 aromatic heterocycles. The molecule has 0 N–H and O–H groups in total. The number of fused-ring (bicyclic) bond motifs is 3. The van der Waals surface area contributed by atoms with Crippen molar-refractivity contribution in [2.24, 2.45) is 0 Å². The molecule has 5 heteroatoms. The van der Waals surface area contributed by atoms with Gasteiger partial charge in [0.15, 0.2) is 0 Å². The maximum Gasteiger partial charge on any atom is 0.271 e. The van der Waals surface area contributed by atoms with E-state index in [0.29, 0.717) is 10.7 Å². The van der Waals surface area contributed by atoms with E-state index >= 15 is 0 Å². The second-order valence-electron chi connectivity index (χ2n) is 5.03. The van der Waals surface area contributed by atoms with Gasteiger partial charge in [0.25, 0.3) is 5.56 Å². The molecule has 0 bridgehead atoms. The van der Waals surface area contributed by atoms with Crippen molar-refractivity contribution in [3.63, 3.8) is 0 Å². The van der Waals surface area contributed by atoms with Crippen molar-refractivity contribution in [2.45, 2.75) is 10.6 Å². The molecule has 2 aromatic carbocycles. The van der Waals surface area contributed by atoms with E-state index in [9.17, 15) is 4.79 Å². The first-order valence-corrected chi connectivity index (χ1v) is 8.20. The van der Waals surface area contributed by atoms with Crippen LogP contribution in [0.4, 0.5) is 0 Å². The Kier molecular flexibility index (Phi) is 3.28. The highest BCUT2D eigenvalue weighted by Gasteiger charge is 2.19. The van der Waals surface area contributed by atoms with E-state index in [-0.39, 0.29) is 5.56 Å². The monoisotopic (exact) mass is 326 g/mol. The molecule has 4 rings (SSSR count). The molecular weight excluding hydrogens is 316 g/mol. The summed E-state index contributed by atoms with van der Waals surface area (Å²) in [6.07, 6.45) is 0. The average molecular weight is 327 g/mol. The second kappa shape index (κ2) is 5.30. The summed E-state index contributed by atoms with van der Waals surface area (Å²) in [4.78, 5) is 13.5. The SMILES string of the molecule is O=c1cc2c(nn1-c1ccc(Cl)cc1)-c1ccccc1SC2. The second-order valence-corrected chi connectivity index (χ2v) is 6.48. The molecule has 2 heterocycles. The minimum atomic E-state index is -0.124. The summed E-state index contributed by atoms with van der Waals surface area (Å²) in [5.41, 5.74) is 3.54. The molecule has 0 atom stereocenters. The van der Waals surface area contributed by atoms with Crippen molar-refractivity contribution in [1.82, 2.24) is 9.78 Å². The quantitative estimate of drug-likeness (QED) is 0.673. The summed E-state index contributed by atoms with van der Waals surface area (Å²) in [5.74, 6) is 0.774. The minimum Gasteiger partial charge on any atom is -0.267 e. The molecule has 1 aliphatic rings. The van der Waals surface area contributed by atoms with E-state index in [1.165, 1.54) is 9.58 Å². The topological polar surface area (TPSA) is 34.9 Å². The highest BCUT2D eigenvalue weighted by Crippen LogP contribution is 2.39. The molecule has 0 unspecified atom stereocenters. The van der Waals surface area contributed by atoms with Gasteiger partial charge in [0.05, 0.1) is 11.4 Å². The van der Waals surface area contributed by atoms with E-state index in [4.69, 9.17) is 11.6 Å². The van der Waals surface area contributed by atoms with Crippen LogP contribution in [0.5, 0.6) is 0 Å². The predicted octanol–water partition coefficient (Wildman–Crippen LogP) is 4.16. The Bertz CT molecular complexity index is 919. The molecule has 3 aromatic rings. The van der Waals surface area contributed by atoms with Crippen LogP contribution in [0.25, 0.3) is 16.9 Å². The van der Waals surface area contributed by atoms with E-state index in [2.05, 4.69) is 11.2 Å². The number of halogens is 1. The van der Waals surface area contributed by atoms with Gasteiger partial charge in [0.1, 0.15) is 0 Å². The van der Waals surface area contributed by atoms with Crippen LogP contribution in [-0.2, 0) is 5.75 Å². The van der Waals surface area contributed by atoms with Crippen LogP contribution < -0.4 is 5.56 Å². The van der Waals surface area contributed by atoms with Gasteiger partial charge in [-0.1, -0.05) is 29.8 Å². The lowest BCUT2D eigenvalue weighted by molar-refractivity contribution is 0.803. The standard InChI is InChI=1S/C17H11ClN2OS/c18-12-5-7-13(8-6-12)20-16(21)9-11-10-22-15-4-2-1-3-14(15)17(11)19-20/h1-9H,10H2.